The molecule has 0 aliphatic carbocycles. The van der Waals surface area contributed by atoms with Gasteiger partial charge in [0.15, 0.2) is 0 Å². The number of amides is 1. The zero-order chi connectivity index (χ0) is 9.94. The number of carbonyl (C=O) groups is 1. The number of rotatable bonds is 7. The number of ether oxygens (including phenoxy) is 2. The second kappa shape index (κ2) is 9.28. The fraction of sp³-hybridized carbons (Fsp3) is 0.750. The van der Waals surface area contributed by atoms with Gasteiger partial charge in [0.25, 0.3) is 0 Å². The molecule has 0 aromatic carbocycles. The first-order valence-corrected chi connectivity index (χ1v) is 4.19. The number of nitrogens with one attached hydrogen (secondary N) is 1. The minimum absolute atomic E-state index is 0.0604. The molecule has 0 aromatic rings. The molecule has 13 heavy (non-hydrogen) atoms. The van der Waals surface area contributed by atoms with Gasteiger partial charge in [-0.2, -0.15) is 0 Å². The predicted molar refractivity (Wildman–Crippen MR) is 47.2 cm³/mol. The molecule has 0 aliphatic rings. The molecule has 0 bridgehead atoms. The fourth-order valence-electron chi connectivity index (χ4n) is 0.616. The molecule has 0 heterocycles. The first-order chi connectivity index (χ1) is 6.31. The van der Waals surface area contributed by atoms with E-state index in [-0.39, 0.29) is 13.2 Å². The number of alkyl carbamates (subject to hydrolysis) is 1. The molecule has 0 rings (SSSR count). The van der Waals surface area contributed by atoms with Crippen molar-refractivity contribution in [2.45, 2.75) is 6.42 Å². The molecular formula is C8H16NO4. The van der Waals surface area contributed by atoms with Crippen LogP contribution in [-0.2, 0) is 9.47 Å². The van der Waals surface area contributed by atoms with Crippen LogP contribution in [0.1, 0.15) is 6.42 Å². The summed E-state index contributed by atoms with van der Waals surface area (Å²) in [5, 5.41) is 10.9. The molecular weight excluding hydrogens is 174 g/mol. The van der Waals surface area contributed by atoms with E-state index in [1.165, 1.54) is 0 Å². The van der Waals surface area contributed by atoms with E-state index in [0.29, 0.717) is 26.2 Å². The lowest BCUT2D eigenvalue weighted by Crippen LogP contribution is -2.27. The zero-order valence-electron chi connectivity index (χ0n) is 7.62. The number of aliphatic hydroxyl groups is 1. The smallest absolute Gasteiger partial charge is 0.407 e. The van der Waals surface area contributed by atoms with Gasteiger partial charge in [0, 0.05) is 19.8 Å². The number of aliphatic hydroxyl groups excluding tert-OH is 1. The fourth-order valence-corrected chi connectivity index (χ4v) is 0.616. The molecule has 0 spiro atoms. The quantitative estimate of drug-likeness (QED) is 0.552. The Hall–Kier alpha value is -0.810. The summed E-state index contributed by atoms with van der Waals surface area (Å²) in [5.74, 6) is 0. The van der Waals surface area contributed by atoms with Crippen molar-refractivity contribution in [1.29, 1.82) is 0 Å². The summed E-state index contributed by atoms with van der Waals surface area (Å²) in [5.41, 5.74) is 0. The van der Waals surface area contributed by atoms with Crippen LogP contribution in [0.15, 0.2) is 0 Å². The molecule has 1 radical (unpaired) electrons. The second-order valence-corrected chi connectivity index (χ2v) is 2.25. The first-order valence-electron chi connectivity index (χ1n) is 4.19. The van der Waals surface area contributed by atoms with Crippen LogP contribution in [0.2, 0.25) is 0 Å². The van der Waals surface area contributed by atoms with E-state index in [1.807, 2.05) is 0 Å². The normalized spacial score (nSPS) is 9.69. The van der Waals surface area contributed by atoms with Gasteiger partial charge in [-0.05, 0) is 13.3 Å². The van der Waals surface area contributed by atoms with Crippen molar-refractivity contribution < 1.29 is 19.4 Å². The second-order valence-electron chi connectivity index (χ2n) is 2.25. The van der Waals surface area contributed by atoms with Crippen molar-refractivity contribution in [3.05, 3.63) is 6.92 Å². The molecule has 2 N–H and O–H groups in total. The van der Waals surface area contributed by atoms with Gasteiger partial charge < -0.3 is 19.9 Å². The van der Waals surface area contributed by atoms with E-state index in [2.05, 4.69) is 12.2 Å². The average Bonchev–Trinajstić information content (AvgIpc) is 2.13. The SMILES string of the molecule is [CH2]COCCOC(=O)NCCCO. The zero-order valence-corrected chi connectivity index (χ0v) is 7.62. The highest BCUT2D eigenvalue weighted by Gasteiger charge is 1.99. The van der Waals surface area contributed by atoms with Gasteiger partial charge in [-0.15, -0.1) is 0 Å². The monoisotopic (exact) mass is 190 g/mol. The Morgan fingerprint density at radius 2 is 2.23 bits per heavy atom. The number of hydrogen-bond acceptors (Lipinski definition) is 4. The predicted octanol–water partition coefficient (Wildman–Crippen LogP) is -0.0543. The van der Waals surface area contributed by atoms with Crippen molar-refractivity contribution in [3.63, 3.8) is 0 Å². The van der Waals surface area contributed by atoms with Crippen LogP contribution >= 0.6 is 0 Å². The summed E-state index contributed by atoms with van der Waals surface area (Å²) in [4.78, 5) is 10.8. The lowest BCUT2D eigenvalue weighted by atomic mass is 10.5. The van der Waals surface area contributed by atoms with E-state index in [4.69, 9.17) is 14.6 Å². The van der Waals surface area contributed by atoms with Gasteiger partial charge in [0.1, 0.15) is 6.61 Å². The molecule has 0 atom stereocenters. The lowest BCUT2D eigenvalue weighted by molar-refractivity contribution is 0.0844. The van der Waals surface area contributed by atoms with Gasteiger partial charge in [-0.3, -0.25) is 0 Å². The highest BCUT2D eigenvalue weighted by molar-refractivity contribution is 5.66. The highest BCUT2D eigenvalue weighted by Crippen LogP contribution is 1.80. The topological polar surface area (TPSA) is 67.8 Å². The van der Waals surface area contributed by atoms with Crippen molar-refractivity contribution in [2.75, 3.05) is 33.0 Å². The molecule has 1 amide bonds. The van der Waals surface area contributed by atoms with E-state index < -0.39 is 6.09 Å². The maximum absolute atomic E-state index is 10.8. The van der Waals surface area contributed by atoms with Crippen LogP contribution in [0.3, 0.4) is 0 Å². The maximum atomic E-state index is 10.8. The van der Waals surface area contributed by atoms with E-state index in [9.17, 15) is 4.79 Å². The van der Waals surface area contributed by atoms with E-state index in [1.54, 1.807) is 0 Å². The largest absolute Gasteiger partial charge is 0.447 e. The summed E-state index contributed by atoms with van der Waals surface area (Å²) in [6.45, 7) is 4.89. The third-order valence-corrected chi connectivity index (χ3v) is 1.21. The van der Waals surface area contributed by atoms with Crippen molar-refractivity contribution >= 4 is 6.09 Å². The van der Waals surface area contributed by atoms with Gasteiger partial charge in [0.2, 0.25) is 0 Å². The van der Waals surface area contributed by atoms with Crippen LogP contribution in [0.4, 0.5) is 4.79 Å². The van der Waals surface area contributed by atoms with E-state index in [0.717, 1.165) is 0 Å². The van der Waals surface area contributed by atoms with Crippen LogP contribution in [0.5, 0.6) is 0 Å². The Balaban J connectivity index is 3.11. The minimum atomic E-state index is -0.485. The Morgan fingerprint density at radius 3 is 2.85 bits per heavy atom. The summed E-state index contributed by atoms with van der Waals surface area (Å²) >= 11 is 0. The highest BCUT2D eigenvalue weighted by atomic mass is 16.6. The Kier molecular flexibility index (Phi) is 8.70. The molecule has 5 heteroatoms. The van der Waals surface area contributed by atoms with Crippen molar-refractivity contribution in [1.82, 2.24) is 5.32 Å². The summed E-state index contributed by atoms with van der Waals surface area (Å²) < 4.78 is 9.56. The average molecular weight is 190 g/mol. The molecule has 0 fully saturated rings. The van der Waals surface area contributed by atoms with Crippen LogP contribution in [0, 0.1) is 6.92 Å². The Bertz CT molecular complexity index is 129. The number of carbonyl (C=O) groups excluding carboxylic acids is 1. The van der Waals surface area contributed by atoms with Gasteiger partial charge in [-0.1, -0.05) is 0 Å². The van der Waals surface area contributed by atoms with Crippen LogP contribution < -0.4 is 5.32 Å². The summed E-state index contributed by atoms with van der Waals surface area (Å²) in [7, 11) is 0. The molecule has 5 nitrogen and oxygen atoms in total. The van der Waals surface area contributed by atoms with Gasteiger partial charge in [-0.25, -0.2) is 4.79 Å². The third-order valence-electron chi connectivity index (χ3n) is 1.21. The lowest BCUT2D eigenvalue weighted by Gasteiger charge is -2.05. The molecule has 77 valence electrons. The van der Waals surface area contributed by atoms with Crippen LogP contribution in [0.25, 0.3) is 0 Å². The van der Waals surface area contributed by atoms with Crippen molar-refractivity contribution in [3.8, 4) is 0 Å². The minimum Gasteiger partial charge on any atom is -0.447 e. The standard InChI is InChI=1S/C8H16NO4/c1-2-12-6-7-13-8(11)9-4-3-5-10/h10H,1-7H2,(H,9,11). The first kappa shape index (κ1) is 12.2. The summed E-state index contributed by atoms with van der Waals surface area (Å²) in [6, 6.07) is 0. The van der Waals surface area contributed by atoms with E-state index >= 15 is 0 Å². The van der Waals surface area contributed by atoms with Gasteiger partial charge in [0.05, 0.1) is 6.61 Å². The van der Waals surface area contributed by atoms with Gasteiger partial charge >= 0.3 is 6.09 Å². The number of hydrogen-bond donors (Lipinski definition) is 2. The summed E-state index contributed by atoms with van der Waals surface area (Å²) in [6.07, 6.45) is 0.0471. The molecule has 0 saturated heterocycles. The maximum Gasteiger partial charge on any atom is 0.407 e. The molecule has 0 unspecified atom stereocenters. The van der Waals surface area contributed by atoms with Crippen LogP contribution in [-0.4, -0.2) is 44.2 Å². The Labute approximate surface area is 78.0 Å². The molecule has 0 aromatic heterocycles. The molecule has 0 saturated carbocycles. The molecule has 0 aliphatic heterocycles. The third kappa shape index (κ3) is 9.10. The van der Waals surface area contributed by atoms with Crippen molar-refractivity contribution in [2.24, 2.45) is 0 Å². The Morgan fingerprint density at radius 1 is 1.46 bits per heavy atom.